The van der Waals surface area contributed by atoms with Gasteiger partial charge in [-0.25, -0.2) is 0 Å². The molecule has 2 fully saturated rings. The van der Waals surface area contributed by atoms with Gasteiger partial charge in [0.25, 0.3) is 0 Å². The number of amides is 2. The van der Waals surface area contributed by atoms with Crippen LogP contribution in [0.5, 0.6) is 0 Å². The summed E-state index contributed by atoms with van der Waals surface area (Å²) in [5.74, 6) is 0.312. The van der Waals surface area contributed by atoms with E-state index in [0.717, 1.165) is 25.9 Å². The van der Waals surface area contributed by atoms with E-state index in [-0.39, 0.29) is 29.7 Å². The molecule has 0 radical (unpaired) electrons. The number of hydrogen-bond donors (Lipinski definition) is 2. The van der Waals surface area contributed by atoms with E-state index < -0.39 is 0 Å². The third-order valence-electron chi connectivity index (χ3n) is 4.01. The molecule has 2 aliphatic heterocycles. The maximum atomic E-state index is 12.4. The van der Waals surface area contributed by atoms with E-state index in [2.05, 4.69) is 10.6 Å². The van der Waals surface area contributed by atoms with Gasteiger partial charge in [-0.15, -0.1) is 0 Å². The van der Waals surface area contributed by atoms with Crippen LogP contribution in [0.3, 0.4) is 0 Å². The molecule has 2 N–H and O–H groups in total. The summed E-state index contributed by atoms with van der Waals surface area (Å²) in [6.45, 7) is 7.01. The highest BCUT2D eigenvalue weighted by Crippen LogP contribution is 2.28. The second kappa shape index (κ2) is 5.69. The summed E-state index contributed by atoms with van der Waals surface area (Å²) in [5.41, 5.74) is 0. The lowest BCUT2D eigenvalue weighted by atomic mass is 9.90. The molecule has 102 valence electrons. The molecule has 0 aromatic heterocycles. The van der Waals surface area contributed by atoms with Gasteiger partial charge in [-0.3, -0.25) is 9.59 Å². The van der Waals surface area contributed by atoms with E-state index in [1.807, 2.05) is 18.7 Å². The molecule has 2 aliphatic rings. The van der Waals surface area contributed by atoms with Gasteiger partial charge in [-0.05, 0) is 19.4 Å². The Labute approximate surface area is 108 Å². The van der Waals surface area contributed by atoms with Crippen molar-refractivity contribution in [2.75, 3.05) is 26.2 Å². The number of nitrogens with one attached hydrogen (secondary N) is 2. The molecule has 0 bridgehead atoms. The predicted octanol–water partition coefficient (Wildman–Crippen LogP) is -0.0310. The summed E-state index contributed by atoms with van der Waals surface area (Å²) in [7, 11) is 0. The minimum Gasteiger partial charge on any atom is -0.354 e. The number of carbonyl (C=O) groups excluding carboxylic acids is 2. The molecule has 2 saturated heterocycles. The standard InChI is InChI=1S/C13H23N3O2/c1-3-14-7-9(2)13(18)16-6-4-5-10-11(16)8-15-12(10)17/h9-11,14H,3-8H2,1-2H3,(H,15,17). The van der Waals surface area contributed by atoms with Crippen LogP contribution in [0.2, 0.25) is 0 Å². The van der Waals surface area contributed by atoms with Crippen LogP contribution < -0.4 is 10.6 Å². The van der Waals surface area contributed by atoms with Crippen molar-refractivity contribution in [2.24, 2.45) is 11.8 Å². The number of hydrogen-bond acceptors (Lipinski definition) is 3. The zero-order valence-corrected chi connectivity index (χ0v) is 11.2. The van der Waals surface area contributed by atoms with Gasteiger partial charge in [0.15, 0.2) is 0 Å². The van der Waals surface area contributed by atoms with Gasteiger partial charge in [0.1, 0.15) is 0 Å². The molecule has 5 nitrogen and oxygen atoms in total. The molecule has 0 aromatic rings. The average molecular weight is 253 g/mol. The monoisotopic (exact) mass is 253 g/mol. The molecule has 0 aromatic carbocycles. The summed E-state index contributed by atoms with van der Waals surface area (Å²) in [6.07, 6.45) is 1.86. The van der Waals surface area contributed by atoms with Gasteiger partial charge in [-0.1, -0.05) is 13.8 Å². The lowest BCUT2D eigenvalue weighted by molar-refractivity contribution is -0.140. The number of carbonyl (C=O) groups is 2. The van der Waals surface area contributed by atoms with E-state index in [1.165, 1.54) is 0 Å². The molecular weight excluding hydrogens is 230 g/mol. The Morgan fingerprint density at radius 3 is 3.11 bits per heavy atom. The molecule has 18 heavy (non-hydrogen) atoms. The largest absolute Gasteiger partial charge is 0.354 e. The zero-order valence-electron chi connectivity index (χ0n) is 11.2. The van der Waals surface area contributed by atoms with Gasteiger partial charge in [0.2, 0.25) is 11.8 Å². The second-order valence-corrected chi connectivity index (χ2v) is 5.30. The Balaban J connectivity index is 1.99. The summed E-state index contributed by atoms with van der Waals surface area (Å²) >= 11 is 0. The maximum Gasteiger partial charge on any atom is 0.227 e. The van der Waals surface area contributed by atoms with Crippen LogP contribution in [0.1, 0.15) is 26.7 Å². The van der Waals surface area contributed by atoms with E-state index in [0.29, 0.717) is 13.1 Å². The molecule has 2 rings (SSSR count). The molecule has 0 saturated carbocycles. The number of rotatable bonds is 4. The third kappa shape index (κ3) is 2.51. The van der Waals surface area contributed by atoms with E-state index >= 15 is 0 Å². The van der Waals surface area contributed by atoms with Crippen LogP contribution in [-0.2, 0) is 9.59 Å². The van der Waals surface area contributed by atoms with Crippen molar-refractivity contribution in [2.45, 2.75) is 32.7 Å². The van der Waals surface area contributed by atoms with Crippen molar-refractivity contribution in [1.29, 1.82) is 0 Å². The van der Waals surface area contributed by atoms with Gasteiger partial charge in [0.05, 0.1) is 12.0 Å². The topological polar surface area (TPSA) is 61.4 Å². The second-order valence-electron chi connectivity index (χ2n) is 5.30. The highest BCUT2D eigenvalue weighted by Gasteiger charge is 2.43. The molecule has 0 aliphatic carbocycles. The van der Waals surface area contributed by atoms with Crippen molar-refractivity contribution in [3.63, 3.8) is 0 Å². The first-order chi connectivity index (χ1) is 8.65. The van der Waals surface area contributed by atoms with Crippen LogP contribution >= 0.6 is 0 Å². The highest BCUT2D eigenvalue weighted by molar-refractivity contribution is 5.85. The molecule has 0 spiro atoms. The van der Waals surface area contributed by atoms with Crippen LogP contribution in [-0.4, -0.2) is 48.9 Å². The van der Waals surface area contributed by atoms with Crippen LogP contribution in [0.15, 0.2) is 0 Å². The minimum atomic E-state index is -0.0144. The lowest BCUT2D eigenvalue weighted by Crippen LogP contribution is -2.51. The molecule has 3 atom stereocenters. The minimum absolute atomic E-state index is 0.0144. The molecule has 2 heterocycles. The van der Waals surface area contributed by atoms with Gasteiger partial charge in [-0.2, -0.15) is 0 Å². The number of likely N-dealkylation sites (tertiary alicyclic amines) is 1. The van der Waals surface area contributed by atoms with Crippen molar-refractivity contribution >= 4 is 11.8 Å². The van der Waals surface area contributed by atoms with Crippen LogP contribution in [0.4, 0.5) is 0 Å². The van der Waals surface area contributed by atoms with Crippen molar-refractivity contribution < 1.29 is 9.59 Å². The quantitative estimate of drug-likeness (QED) is 0.739. The van der Waals surface area contributed by atoms with Crippen molar-refractivity contribution in [1.82, 2.24) is 15.5 Å². The zero-order chi connectivity index (χ0) is 13.1. The fourth-order valence-electron chi connectivity index (χ4n) is 2.96. The molecule has 5 heteroatoms. The van der Waals surface area contributed by atoms with Crippen LogP contribution in [0, 0.1) is 11.8 Å². The fraction of sp³-hybridized carbons (Fsp3) is 0.846. The third-order valence-corrected chi connectivity index (χ3v) is 4.01. The Kier molecular flexibility index (Phi) is 4.22. The first-order valence-corrected chi connectivity index (χ1v) is 6.94. The Hall–Kier alpha value is -1.10. The first kappa shape index (κ1) is 13.3. The smallest absolute Gasteiger partial charge is 0.227 e. The Morgan fingerprint density at radius 2 is 2.39 bits per heavy atom. The van der Waals surface area contributed by atoms with E-state index in [1.54, 1.807) is 0 Å². The molecule has 3 unspecified atom stereocenters. The van der Waals surface area contributed by atoms with E-state index in [4.69, 9.17) is 0 Å². The van der Waals surface area contributed by atoms with E-state index in [9.17, 15) is 9.59 Å². The molecule has 2 amide bonds. The van der Waals surface area contributed by atoms with Gasteiger partial charge >= 0.3 is 0 Å². The number of fused-ring (bicyclic) bond motifs is 1. The van der Waals surface area contributed by atoms with Crippen molar-refractivity contribution in [3.8, 4) is 0 Å². The normalized spacial score (nSPS) is 28.8. The van der Waals surface area contributed by atoms with Crippen LogP contribution in [0.25, 0.3) is 0 Å². The molecular formula is C13H23N3O2. The average Bonchev–Trinajstić information content (AvgIpc) is 2.77. The number of piperidine rings is 1. The lowest BCUT2D eigenvalue weighted by Gasteiger charge is -2.37. The predicted molar refractivity (Wildman–Crippen MR) is 68.9 cm³/mol. The Bertz CT molecular complexity index is 332. The maximum absolute atomic E-state index is 12.4. The summed E-state index contributed by atoms with van der Waals surface area (Å²) in [6, 6.07) is 0.0860. The SMILES string of the molecule is CCNCC(C)C(=O)N1CCCC2C(=O)NCC21. The summed E-state index contributed by atoms with van der Waals surface area (Å²) in [4.78, 5) is 26.0. The van der Waals surface area contributed by atoms with Gasteiger partial charge < -0.3 is 15.5 Å². The number of nitrogens with zero attached hydrogens (tertiary/aromatic N) is 1. The summed E-state index contributed by atoms with van der Waals surface area (Å²) in [5, 5.41) is 6.09. The van der Waals surface area contributed by atoms with Gasteiger partial charge in [0, 0.05) is 25.6 Å². The summed E-state index contributed by atoms with van der Waals surface area (Å²) < 4.78 is 0. The highest BCUT2D eigenvalue weighted by atomic mass is 16.2. The fourth-order valence-corrected chi connectivity index (χ4v) is 2.96. The first-order valence-electron chi connectivity index (χ1n) is 6.94. The Morgan fingerprint density at radius 1 is 1.61 bits per heavy atom. The van der Waals surface area contributed by atoms with Crippen molar-refractivity contribution in [3.05, 3.63) is 0 Å².